The molecule has 27 heavy (non-hydrogen) atoms. The molecule has 2 aromatic carbocycles. The van der Waals surface area contributed by atoms with Crippen LogP contribution >= 0.6 is 0 Å². The van der Waals surface area contributed by atoms with Gasteiger partial charge in [-0.05, 0) is 61.4 Å². The summed E-state index contributed by atoms with van der Waals surface area (Å²) in [6, 6.07) is 19.2. The molecular formula is C25H35NO. The smallest absolute Gasteiger partial charge is 0.0722 e. The molecule has 146 valence electrons. The fourth-order valence-electron chi connectivity index (χ4n) is 4.06. The van der Waals surface area contributed by atoms with Gasteiger partial charge in [0.25, 0.3) is 0 Å². The van der Waals surface area contributed by atoms with Crippen LogP contribution in [0, 0.1) is 5.92 Å². The van der Waals surface area contributed by atoms with Gasteiger partial charge in [-0.1, -0.05) is 80.3 Å². The van der Waals surface area contributed by atoms with Crippen molar-refractivity contribution in [1.29, 1.82) is 0 Å². The maximum atomic E-state index is 5.98. The molecule has 0 amide bonds. The van der Waals surface area contributed by atoms with Crippen molar-refractivity contribution in [3.05, 3.63) is 60.2 Å². The Labute approximate surface area is 165 Å². The molecule has 1 atom stereocenters. The Bertz CT molecular complexity index is 632. The molecule has 0 bridgehead atoms. The second-order valence-corrected chi connectivity index (χ2v) is 7.84. The number of nitrogens with one attached hydrogen (secondary N) is 1. The lowest BCUT2D eigenvalue weighted by atomic mass is 9.96. The van der Waals surface area contributed by atoms with E-state index in [1.807, 2.05) is 0 Å². The fraction of sp³-hybridized carbons (Fsp3) is 0.520. The summed E-state index contributed by atoms with van der Waals surface area (Å²) in [5.74, 6) is 0.915. The van der Waals surface area contributed by atoms with Crippen LogP contribution in [-0.4, -0.2) is 19.7 Å². The summed E-state index contributed by atoms with van der Waals surface area (Å²) in [5, 5.41) is 3.58. The monoisotopic (exact) mass is 365 g/mol. The molecule has 1 heterocycles. The number of hydrogen-bond donors (Lipinski definition) is 1. The van der Waals surface area contributed by atoms with Crippen molar-refractivity contribution < 1.29 is 4.74 Å². The third kappa shape index (κ3) is 7.12. The minimum atomic E-state index is 0.707. The minimum absolute atomic E-state index is 0.707. The molecule has 1 fully saturated rings. The van der Waals surface area contributed by atoms with E-state index >= 15 is 0 Å². The lowest BCUT2D eigenvalue weighted by Crippen LogP contribution is -2.20. The number of rotatable bonds is 10. The normalized spacial score (nSPS) is 17.6. The van der Waals surface area contributed by atoms with Gasteiger partial charge >= 0.3 is 0 Å². The van der Waals surface area contributed by atoms with Crippen molar-refractivity contribution in [2.24, 2.45) is 5.92 Å². The molecule has 2 nitrogen and oxygen atoms in total. The Morgan fingerprint density at radius 2 is 1.67 bits per heavy atom. The van der Waals surface area contributed by atoms with E-state index in [0.29, 0.717) is 6.61 Å². The zero-order chi connectivity index (χ0) is 18.6. The summed E-state index contributed by atoms with van der Waals surface area (Å²) in [6.07, 6.45) is 10.8. The second-order valence-electron chi connectivity index (χ2n) is 7.84. The molecule has 0 radical (unpaired) electrons. The first-order valence-corrected chi connectivity index (χ1v) is 10.9. The first-order valence-electron chi connectivity index (χ1n) is 10.9. The number of ether oxygens (including phenoxy) is 1. The van der Waals surface area contributed by atoms with E-state index in [2.05, 4.69) is 59.9 Å². The summed E-state index contributed by atoms with van der Waals surface area (Å²) >= 11 is 0. The highest BCUT2D eigenvalue weighted by atomic mass is 16.5. The lowest BCUT2D eigenvalue weighted by molar-refractivity contribution is 0.117. The van der Waals surface area contributed by atoms with Gasteiger partial charge in [-0.25, -0.2) is 0 Å². The quantitative estimate of drug-likeness (QED) is 0.505. The van der Waals surface area contributed by atoms with Gasteiger partial charge in [0, 0.05) is 6.61 Å². The summed E-state index contributed by atoms with van der Waals surface area (Å²) < 4.78 is 5.98. The van der Waals surface area contributed by atoms with Gasteiger partial charge in [0.2, 0.25) is 0 Å². The van der Waals surface area contributed by atoms with Crippen LogP contribution in [0.5, 0.6) is 0 Å². The lowest BCUT2D eigenvalue weighted by Gasteiger charge is -2.13. The summed E-state index contributed by atoms with van der Waals surface area (Å²) in [5.41, 5.74) is 3.84. The molecular weight excluding hydrogens is 330 g/mol. The molecule has 3 rings (SSSR count). The molecule has 0 spiro atoms. The molecule has 1 aliphatic rings. The van der Waals surface area contributed by atoms with Gasteiger partial charge in [0.15, 0.2) is 0 Å². The zero-order valence-corrected chi connectivity index (χ0v) is 16.7. The molecule has 2 heteroatoms. The third-order valence-electron chi connectivity index (χ3n) is 5.66. The zero-order valence-electron chi connectivity index (χ0n) is 16.7. The van der Waals surface area contributed by atoms with E-state index in [1.165, 1.54) is 81.1 Å². The number of benzene rings is 2. The molecule has 1 saturated heterocycles. The number of hydrogen-bond acceptors (Lipinski definition) is 2. The average Bonchev–Trinajstić information content (AvgIpc) is 3.00. The van der Waals surface area contributed by atoms with E-state index in [4.69, 9.17) is 4.74 Å². The highest BCUT2D eigenvalue weighted by Gasteiger charge is 2.11. The average molecular weight is 366 g/mol. The predicted octanol–water partition coefficient (Wildman–Crippen LogP) is 6.21. The second kappa shape index (κ2) is 11.9. The Morgan fingerprint density at radius 3 is 2.59 bits per heavy atom. The van der Waals surface area contributed by atoms with Crippen molar-refractivity contribution in [1.82, 2.24) is 5.32 Å². The van der Waals surface area contributed by atoms with Crippen LogP contribution in [0.25, 0.3) is 11.1 Å². The van der Waals surface area contributed by atoms with E-state index in [9.17, 15) is 0 Å². The first-order chi connectivity index (χ1) is 13.4. The topological polar surface area (TPSA) is 21.3 Å². The van der Waals surface area contributed by atoms with Crippen LogP contribution in [0.1, 0.15) is 56.9 Å². The summed E-state index contributed by atoms with van der Waals surface area (Å²) in [4.78, 5) is 0. The van der Waals surface area contributed by atoms with E-state index in [0.717, 1.165) is 12.5 Å². The molecule has 2 aromatic rings. The summed E-state index contributed by atoms with van der Waals surface area (Å²) in [6.45, 7) is 4.04. The SMILES string of the molecule is c1ccc(-c2ccccc2COCCCCCCC2CCCCNC2)cc1. The van der Waals surface area contributed by atoms with Crippen molar-refractivity contribution in [2.45, 2.75) is 58.0 Å². The Morgan fingerprint density at radius 1 is 0.852 bits per heavy atom. The van der Waals surface area contributed by atoms with Gasteiger partial charge in [0.1, 0.15) is 0 Å². The van der Waals surface area contributed by atoms with Crippen LogP contribution in [0.4, 0.5) is 0 Å². The van der Waals surface area contributed by atoms with Crippen LogP contribution in [0.2, 0.25) is 0 Å². The molecule has 0 saturated carbocycles. The van der Waals surface area contributed by atoms with Gasteiger partial charge in [-0.2, -0.15) is 0 Å². The van der Waals surface area contributed by atoms with Gasteiger partial charge < -0.3 is 10.1 Å². The van der Waals surface area contributed by atoms with Gasteiger partial charge in [-0.15, -0.1) is 0 Å². The molecule has 1 aliphatic heterocycles. The van der Waals surface area contributed by atoms with Gasteiger partial charge in [0.05, 0.1) is 6.61 Å². The van der Waals surface area contributed by atoms with Crippen LogP contribution < -0.4 is 5.32 Å². The van der Waals surface area contributed by atoms with E-state index < -0.39 is 0 Å². The van der Waals surface area contributed by atoms with Crippen LogP contribution in [0.3, 0.4) is 0 Å². The van der Waals surface area contributed by atoms with Crippen molar-refractivity contribution in [3.63, 3.8) is 0 Å². The Hall–Kier alpha value is -1.64. The van der Waals surface area contributed by atoms with Crippen LogP contribution in [-0.2, 0) is 11.3 Å². The standard InChI is InChI=1S/C25H35NO/c1(4-12-22-13-9-10-18-26-20-22)2-11-19-27-21-24-16-7-8-17-25(24)23-14-5-3-6-15-23/h3,5-8,14-17,22,26H,1-2,4,9-13,18-21H2. The van der Waals surface area contributed by atoms with Gasteiger partial charge in [-0.3, -0.25) is 0 Å². The molecule has 0 aliphatic carbocycles. The van der Waals surface area contributed by atoms with Crippen LogP contribution in [0.15, 0.2) is 54.6 Å². The Kier molecular flexibility index (Phi) is 8.89. The number of unbranched alkanes of at least 4 members (excludes halogenated alkanes) is 3. The van der Waals surface area contributed by atoms with E-state index in [1.54, 1.807) is 0 Å². The third-order valence-corrected chi connectivity index (χ3v) is 5.66. The highest BCUT2D eigenvalue weighted by Crippen LogP contribution is 2.24. The molecule has 1 N–H and O–H groups in total. The minimum Gasteiger partial charge on any atom is -0.377 e. The first kappa shape index (κ1) is 20.1. The fourth-order valence-corrected chi connectivity index (χ4v) is 4.06. The van der Waals surface area contributed by atoms with Crippen molar-refractivity contribution in [2.75, 3.05) is 19.7 Å². The molecule has 0 aromatic heterocycles. The predicted molar refractivity (Wildman–Crippen MR) is 115 cm³/mol. The largest absolute Gasteiger partial charge is 0.377 e. The summed E-state index contributed by atoms with van der Waals surface area (Å²) in [7, 11) is 0. The maximum absolute atomic E-state index is 5.98. The maximum Gasteiger partial charge on any atom is 0.0722 e. The molecule has 1 unspecified atom stereocenters. The van der Waals surface area contributed by atoms with Crippen molar-refractivity contribution >= 4 is 0 Å². The van der Waals surface area contributed by atoms with E-state index in [-0.39, 0.29) is 0 Å². The van der Waals surface area contributed by atoms with Crippen molar-refractivity contribution in [3.8, 4) is 11.1 Å². The Balaban J connectivity index is 1.30. The highest BCUT2D eigenvalue weighted by molar-refractivity contribution is 5.66.